The highest BCUT2D eigenvalue weighted by atomic mass is 35.5. The molecule has 2 amide bonds. The number of carbonyl (C=O) groups excluding carboxylic acids is 2. The zero-order chi connectivity index (χ0) is 20.1. The summed E-state index contributed by atoms with van der Waals surface area (Å²) in [5.41, 5.74) is 0.674. The molecule has 1 heterocycles. The van der Waals surface area contributed by atoms with Crippen molar-refractivity contribution >= 4 is 46.6 Å². The van der Waals surface area contributed by atoms with Crippen molar-refractivity contribution < 1.29 is 14.0 Å². The van der Waals surface area contributed by atoms with Crippen LogP contribution in [0.1, 0.15) is 17.3 Å². The van der Waals surface area contributed by atoms with Crippen LogP contribution in [0.4, 0.5) is 15.8 Å². The van der Waals surface area contributed by atoms with Crippen LogP contribution in [0, 0.1) is 5.82 Å². The Kier molecular flexibility index (Phi) is 6.28. The SMILES string of the molecule is CC(=O)Nc1cc(NC(=O)c2cccnc2Sc2ccccc2Cl)ccc1F. The second-order valence-corrected chi connectivity index (χ2v) is 7.16. The molecule has 142 valence electrons. The summed E-state index contributed by atoms with van der Waals surface area (Å²) in [7, 11) is 0. The molecule has 2 N–H and O–H groups in total. The molecule has 0 spiro atoms. The predicted molar refractivity (Wildman–Crippen MR) is 108 cm³/mol. The van der Waals surface area contributed by atoms with Crippen molar-refractivity contribution in [3.8, 4) is 0 Å². The lowest BCUT2D eigenvalue weighted by atomic mass is 10.2. The summed E-state index contributed by atoms with van der Waals surface area (Å²) >= 11 is 7.46. The Bertz CT molecular complexity index is 1050. The molecule has 0 fully saturated rings. The van der Waals surface area contributed by atoms with E-state index in [2.05, 4.69) is 15.6 Å². The van der Waals surface area contributed by atoms with Gasteiger partial charge in [-0.05, 0) is 42.5 Å². The van der Waals surface area contributed by atoms with Crippen molar-refractivity contribution in [3.63, 3.8) is 0 Å². The number of hydrogen-bond donors (Lipinski definition) is 2. The number of nitrogens with zero attached hydrogens (tertiary/aromatic N) is 1. The Balaban J connectivity index is 1.84. The number of halogens is 2. The van der Waals surface area contributed by atoms with Gasteiger partial charge in [-0.15, -0.1) is 0 Å². The zero-order valence-electron chi connectivity index (χ0n) is 14.7. The molecular formula is C20H15ClFN3O2S. The summed E-state index contributed by atoms with van der Waals surface area (Å²) in [5, 5.41) is 6.12. The molecule has 2 aromatic carbocycles. The summed E-state index contributed by atoms with van der Waals surface area (Å²) in [6, 6.07) is 14.5. The van der Waals surface area contributed by atoms with Gasteiger partial charge >= 0.3 is 0 Å². The van der Waals surface area contributed by atoms with Gasteiger partial charge in [0.15, 0.2) is 0 Å². The van der Waals surface area contributed by atoms with Gasteiger partial charge in [0.25, 0.3) is 5.91 Å². The number of nitrogens with one attached hydrogen (secondary N) is 2. The fourth-order valence-electron chi connectivity index (χ4n) is 2.36. The molecule has 28 heavy (non-hydrogen) atoms. The van der Waals surface area contributed by atoms with Crippen LogP contribution in [0.3, 0.4) is 0 Å². The topological polar surface area (TPSA) is 71.1 Å². The molecule has 0 aliphatic heterocycles. The average Bonchev–Trinajstić information content (AvgIpc) is 2.66. The summed E-state index contributed by atoms with van der Waals surface area (Å²) < 4.78 is 13.8. The number of pyridine rings is 1. The minimum atomic E-state index is -0.593. The highest BCUT2D eigenvalue weighted by molar-refractivity contribution is 7.99. The van der Waals surface area contributed by atoms with E-state index < -0.39 is 17.6 Å². The average molecular weight is 416 g/mol. The van der Waals surface area contributed by atoms with Crippen LogP contribution in [0.25, 0.3) is 0 Å². The van der Waals surface area contributed by atoms with Crippen LogP contribution < -0.4 is 10.6 Å². The Labute approximate surface area is 170 Å². The van der Waals surface area contributed by atoms with Gasteiger partial charge in [-0.2, -0.15) is 0 Å². The second-order valence-electron chi connectivity index (χ2n) is 5.72. The zero-order valence-corrected chi connectivity index (χ0v) is 16.3. The maximum Gasteiger partial charge on any atom is 0.258 e. The maximum atomic E-state index is 13.8. The Morgan fingerprint density at radius 1 is 1.07 bits per heavy atom. The van der Waals surface area contributed by atoms with E-state index in [1.54, 1.807) is 24.4 Å². The van der Waals surface area contributed by atoms with Gasteiger partial charge in [-0.25, -0.2) is 9.37 Å². The molecule has 0 unspecified atom stereocenters. The molecule has 3 rings (SSSR count). The molecule has 0 saturated heterocycles. The van der Waals surface area contributed by atoms with Crippen LogP contribution in [-0.2, 0) is 4.79 Å². The Morgan fingerprint density at radius 2 is 1.86 bits per heavy atom. The van der Waals surface area contributed by atoms with Crippen LogP contribution in [0.5, 0.6) is 0 Å². The second kappa shape index (κ2) is 8.86. The Morgan fingerprint density at radius 3 is 2.61 bits per heavy atom. The van der Waals surface area contributed by atoms with Gasteiger partial charge in [0.2, 0.25) is 5.91 Å². The lowest BCUT2D eigenvalue weighted by Crippen LogP contribution is -2.14. The number of anilines is 2. The van der Waals surface area contributed by atoms with Gasteiger partial charge in [0.1, 0.15) is 10.8 Å². The minimum absolute atomic E-state index is 0.0119. The highest BCUT2D eigenvalue weighted by Crippen LogP contribution is 2.34. The third-order valence-electron chi connectivity index (χ3n) is 3.59. The molecule has 0 radical (unpaired) electrons. The number of carbonyl (C=O) groups is 2. The smallest absolute Gasteiger partial charge is 0.258 e. The molecule has 3 aromatic rings. The maximum absolute atomic E-state index is 13.8. The fraction of sp³-hybridized carbons (Fsp3) is 0.0500. The van der Waals surface area contributed by atoms with Crippen LogP contribution in [0.15, 0.2) is 70.7 Å². The lowest BCUT2D eigenvalue weighted by molar-refractivity contribution is -0.114. The number of amides is 2. The van der Waals surface area contributed by atoms with E-state index in [0.717, 1.165) is 4.90 Å². The number of hydrogen-bond acceptors (Lipinski definition) is 4. The fourth-order valence-corrected chi connectivity index (χ4v) is 3.52. The van der Waals surface area contributed by atoms with Crippen molar-refractivity contribution in [1.29, 1.82) is 0 Å². The molecule has 8 heteroatoms. The highest BCUT2D eigenvalue weighted by Gasteiger charge is 2.15. The molecule has 1 aromatic heterocycles. The van der Waals surface area contributed by atoms with Crippen LogP contribution in [0.2, 0.25) is 5.02 Å². The molecule has 0 aliphatic rings. The number of aromatic nitrogens is 1. The van der Waals surface area contributed by atoms with Gasteiger partial charge in [0.05, 0.1) is 16.3 Å². The standard InChI is InChI=1S/C20H15ClFN3O2S/c1-12(26)24-17-11-13(8-9-16(17)22)25-19(27)14-5-4-10-23-20(14)28-18-7-3-2-6-15(18)21/h2-11H,1H3,(H,24,26)(H,25,27). The van der Waals surface area contributed by atoms with Crippen molar-refractivity contribution in [2.24, 2.45) is 0 Å². The van der Waals surface area contributed by atoms with Gasteiger partial charge in [0, 0.05) is 23.7 Å². The lowest BCUT2D eigenvalue weighted by Gasteiger charge is -2.11. The molecule has 0 saturated carbocycles. The normalized spacial score (nSPS) is 10.4. The summed E-state index contributed by atoms with van der Waals surface area (Å²) in [6.45, 7) is 1.28. The first-order chi connectivity index (χ1) is 13.4. The summed E-state index contributed by atoms with van der Waals surface area (Å²) in [6.07, 6.45) is 1.59. The van der Waals surface area contributed by atoms with Crippen molar-refractivity contribution in [3.05, 3.63) is 77.2 Å². The number of benzene rings is 2. The van der Waals surface area contributed by atoms with E-state index in [9.17, 15) is 14.0 Å². The summed E-state index contributed by atoms with van der Waals surface area (Å²) in [5.74, 6) is -1.42. The van der Waals surface area contributed by atoms with E-state index >= 15 is 0 Å². The van der Waals surface area contributed by atoms with Crippen LogP contribution in [-0.4, -0.2) is 16.8 Å². The molecule has 0 bridgehead atoms. The molecule has 0 aliphatic carbocycles. The monoisotopic (exact) mass is 415 g/mol. The first-order valence-corrected chi connectivity index (χ1v) is 9.39. The minimum Gasteiger partial charge on any atom is -0.324 e. The van der Waals surface area contributed by atoms with Crippen molar-refractivity contribution in [1.82, 2.24) is 4.98 Å². The van der Waals surface area contributed by atoms with E-state index in [1.807, 2.05) is 18.2 Å². The molecule has 5 nitrogen and oxygen atoms in total. The molecule has 0 atom stereocenters. The first kappa shape index (κ1) is 19.9. The predicted octanol–water partition coefficient (Wildman–Crippen LogP) is 5.24. The van der Waals surface area contributed by atoms with Gasteiger partial charge in [-0.3, -0.25) is 9.59 Å². The van der Waals surface area contributed by atoms with Gasteiger partial charge < -0.3 is 10.6 Å². The third-order valence-corrected chi connectivity index (χ3v) is 5.13. The van der Waals surface area contributed by atoms with E-state index in [4.69, 9.17) is 11.6 Å². The molecular weight excluding hydrogens is 401 g/mol. The third kappa shape index (κ3) is 4.88. The van der Waals surface area contributed by atoms with Crippen LogP contribution >= 0.6 is 23.4 Å². The van der Waals surface area contributed by atoms with E-state index in [-0.39, 0.29) is 5.69 Å². The van der Waals surface area contributed by atoms with Crippen molar-refractivity contribution in [2.45, 2.75) is 16.8 Å². The van der Waals surface area contributed by atoms with E-state index in [1.165, 1.54) is 36.9 Å². The summed E-state index contributed by atoms with van der Waals surface area (Å²) in [4.78, 5) is 29.0. The number of rotatable bonds is 5. The quantitative estimate of drug-likeness (QED) is 0.598. The Hall–Kier alpha value is -2.90. The van der Waals surface area contributed by atoms with Gasteiger partial charge in [-0.1, -0.05) is 35.5 Å². The largest absolute Gasteiger partial charge is 0.324 e. The van der Waals surface area contributed by atoms with Crippen molar-refractivity contribution in [2.75, 3.05) is 10.6 Å². The van der Waals surface area contributed by atoms with E-state index in [0.29, 0.717) is 21.3 Å². The first-order valence-electron chi connectivity index (χ1n) is 8.20.